The highest BCUT2D eigenvalue weighted by atomic mass is 32.2. The van der Waals surface area contributed by atoms with Crippen molar-refractivity contribution in [3.05, 3.63) is 40.8 Å². The topological polar surface area (TPSA) is 56.0 Å². The van der Waals surface area contributed by atoms with Crippen LogP contribution < -0.4 is 5.73 Å². The van der Waals surface area contributed by atoms with Gasteiger partial charge in [-0.15, -0.1) is 23.1 Å². The standard InChI is InChI=1S/C12H10N2OS2/c13-10(15)12(5-6-16-7-12)11-14-8-3-1-2-4-9(8)17-11/h1-6H,7H2,(H2,13,15). The number of rotatable bonds is 2. The van der Waals surface area contributed by atoms with Crippen molar-refractivity contribution >= 4 is 39.2 Å². The van der Waals surface area contributed by atoms with E-state index in [1.165, 1.54) is 0 Å². The molecule has 0 saturated carbocycles. The first-order chi connectivity index (χ1) is 8.22. The van der Waals surface area contributed by atoms with Gasteiger partial charge in [-0.25, -0.2) is 4.98 Å². The molecule has 86 valence electrons. The number of primary amides is 1. The van der Waals surface area contributed by atoms with Crippen LogP contribution in [0, 0.1) is 0 Å². The molecule has 3 nitrogen and oxygen atoms in total. The number of fused-ring (bicyclic) bond motifs is 1. The number of thioether (sulfide) groups is 1. The summed E-state index contributed by atoms with van der Waals surface area (Å²) in [6, 6.07) is 7.88. The molecule has 1 aromatic carbocycles. The predicted octanol–water partition coefficient (Wildman–Crippen LogP) is 2.28. The third-order valence-corrected chi connectivity index (χ3v) is 5.04. The van der Waals surface area contributed by atoms with E-state index in [0.717, 1.165) is 15.2 Å². The molecule has 1 amide bonds. The molecule has 17 heavy (non-hydrogen) atoms. The lowest BCUT2D eigenvalue weighted by molar-refractivity contribution is -0.121. The number of amides is 1. The molecule has 2 heterocycles. The number of nitrogens with two attached hydrogens (primary N) is 1. The predicted molar refractivity (Wildman–Crippen MR) is 72.1 cm³/mol. The maximum absolute atomic E-state index is 11.7. The number of carbonyl (C=O) groups excluding carboxylic acids is 1. The molecule has 1 unspecified atom stereocenters. The zero-order valence-electron chi connectivity index (χ0n) is 8.92. The smallest absolute Gasteiger partial charge is 0.235 e. The Kier molecular flexibility index (Phi) is 2.45. The summed E-state index contributed by atoms with van der Waals surface area (Å²) < 4.78 is 1.09. The average molecular weight is 262 g/mol. The van der Waals surface area contributed by atoms with Gasteiger partial charge in [0.25, 0.3) is 0 Å². The molecule has 2 aromatic rings. The van der Waals surface area contributed by atoms with E-state index in [2.05, 4.69) is 4.98 Å². The average Bonchev–Trinajstić information content (AvgIpc) is 2.96. The lowest BCUT2D eigenvalue weighted by Crippen LogP contribution is -2.40. The molecule has 1 atom stereocenters. The highest BCUT2D eigenvalue weighted by Gasteiger charge is 2.41. The van der Waals surface area contributed by atoms with Crippen molar-refractivity contribution in [2.75, 3.05) is 5.75 Å². The summed E-state index contributed by atoms with van der Waals surface area (Å²) >= 11 is 3.14. The molecule has 0 fully saturated rings. The highest BCUT2D eigenvalue weighted by molar-refractivity contribution is 8.02. The van der Waals surface area contributed by atoms with Crippen molar-refractivity contribution in [3.8, 4) is 0 Å². The van der Waals surface area contributed by atoms with Gasteiger partial charge >= 0.3 is 0 Å². The van der Waals surface area contributed by atoms with Crippen LogP contribution in [0.1, 0.15) is 5.01 Å². The van der Waals surface area contributed by atoms with Gasteiger partial charge in [0.2, 0.25) is 5.91 Å². The zero-order valence-corrected chi connectivity index (χ0v) is 10.6. The molecule has 0 spiro atoms. The number of carbonyl (C=O) groups is 1. The fourth-order valence-corrected chi connectivity index (χ4v) is 4.14. The van der Waals surface area contributed by atoms with Crippen molar-refractivity contribution in [1.29, 1.82) is 0 Å². The van der Waals surface area contributed by atoms with E-state index in [1.54, 1.807) is 23.1 Å². The van der Waals surface area contributed by atoms with E-state index in [1.807, 2.05) is 35.7 Å². The number of para-hydroxylation sites is 1. The third kappa shape index (κ3) is 1.57. The van der Waals surface area contributed by atoms with Gasteiger partial charge in [-0.2, -0.15) is 0 Å². The van der Waals surface area contributed by atoms with Gasteiger partial charge in [0.05, 0.1) is 10.2 Å². The summed E-state index contributed by atoms with van der Waals surface area (Å²) in [6.45, 7) is 0. The lowest BCUT2D eigenvalue weighted by atomic mass is 9.91. The summed E-state index contributed by atoms with van der Waals surface area (Å²) in [5.41, 5.74) is 5.76. The van der Waals surface area contributed by atoms with Crippen LogP contribution in [-0.4, -0.2) is 16.6 Å². The fourth-order valence-electron chi connectivity index (χ4n) is 1.85. The molecule has 1 aliphatic heterocycles. The highest BCUT2D eigenvalue weighted by Crippen LogP contribution is 2.39. The molecule has 0 radical (unpaired) electrons. The van der Waals surface area contributed by atoms with Crippen LogP contribution in [0.15, 0.2) is 35.7 Å². The van der Waals surface area contributed by atoms with Crippen LogP contribution in [0.25, 0.3) is 10.2 Å². The summed E-state index contributed by atoms with van der Waals surface area (Å²) in [4.78, 5) is 16.3. The SMILES string of the molecule is NC(=O)C1(c2nc3ccccc3s2)C=CSC1. The van der Waals surface area contributed by atoms with Gasteiger partial charge in [-0.3, -0.25) is 4.79 Å². The minimum atomic E-state index is -0.714. The molecule has 0 saturated heterocycles. The molecule has 5 heteroatoms. The van der Waals surface area contributed by atoms with Gasteiger partial charge in [0.15, 0.2) is 0 Å². The number of aromatic nitrogens is 1. The monoisotopic (exact) mass is 262 g/mol. The summed E-state index contributed by atoms with van der Waals surface area (Å²) in [5, 5.41) is 2.73. The van der Waals surface area contributed by atoms with Crippen LogP contribution in [-0.2, 0) is 10.2 Å². The van der Waals surface area contributed by atoms with E-state index in [0.29, 0.717) is 5.75 Å². The largest absolute Gasteiger partial charge is 0.369 e. The minimum Gasteiger partial charge on any atom is -0.369 e. The number of hydrogen-bond acceptors (Lipinski definition) is 4. The second kappa shape index (κ2) is 3.85. The Labute approximate surface area is 107 Å². The van der Waals surface area contributed by atoms with E-state index in [-0.39, 0.29) is 5.91 Å². The Balaban J connectivity index is 2.19. The van der Waals surface area contributed by atoms with Crippen molar-refractivity contribution in [1.82, 2.24) is 4.98 Å². The fraction of sp³-hybridized carbons (Fsp3) is 0.167. The van der Waals surface area contributed by atoms with Crippen molar-refractivity contribution in [3.63, 3.8) is 0 Å². The minimum absolute atomic E-state index is 0.321. The van der Waals surface area contributed by atoms with Crippen LogP contribution in [0.5, 0.6) is 0 Å². The molecular formula is C12H10N2OS2. The Morgan fingerprint density at radius 1 is 1.41 bits per heavy atom. The van der Waals surface area contributed by atoms with Crippen molar-refractivity contribution in [2.24, 2.45) is 5.73 Å². The summed E-state index contributed by atoms with van der Waals surface area (Å²) in [7, 11) is 0. The molecule has 1 aromatic heterocycles. The molecule has 1 aliphatic rings. The van der Waals surface area contributed by atoms with Gasteiger partial charge in [0.1, 0.15) is 10.4 Å². The van der Waals surface area contributed by atoms with Gasteiger partial charge in [0, 0.05) is 5.75 Å². The second-order valence-corrected chi connectivity index (χ2v) is 5.86. The van der Waals surface area contributed by atoms with E-state index in [4.69, 9.17) is 5.73 Å². The van der Waals surface area contributed by atoms with Gasteiger partial charge in [-0.1, -0.05) is 18.2 Å². The number of nitrogens with zero attached hydrogens (tertiary/aromatic N) is 1. The lowest BCUT2D eigenvalue weighted by Gasteiger charge is -2.19. The molecular weight excluding hydrogens is 252 g/mol. The quantitative estimate of drug-likeness (QED) is 0.903. The van der Waals surface area contributed by atoms with Crippen LogP contribution in [0.2, 0.25) is 0 Å². The normalized spacial score (nSPS) is 23.3. The van der Waals surface area contributed by atoms with Crippen LogP contribution >= 0.6 is 23.1 Å². The third-order valence-electron chi connectivity index (χ3n) is 2.87. The first kappa shape index (κ1) is 10.8. The maximum atomic E-state index is 11.7. The van der Waals surface area contributed by atoms with E-state index in [9.17, 15) is 4.79 Å². The summed E-state index contributed by atoms with van der Waals surface area (Å²) in [6.07, 6.45) is 1.87. The van der Waals surface area contributed by atoms with Crippen LogP contribution in [0.3, 0.4) is 0 Å². The Morgan fingerprint density at radius 2 is 2.24 bits per heavy atom. The molecule has 3 rings (SSSR count). The first-order valence-electron chi connectivity index (χ1n) is 5.18. The van der Waals surface area contributed by atoms with Crippen molar-refractivity contribution in [2.45, 2.75) is 5.41 Å². The van der Waals surface area contributed by atoms with Gasteiger partial charge < -0.3 is 5.73 Å². The number of benzene rings is 1. The second-order valence-electron chi connectivity index (χ2n) is 3.94. The van der Waals surface area contributed by atoms with E-state index >= 15 is 0 Å². The Bertz CT molecular complexity index is 587. The Hall–Kier alpha value is -1.33. The molecule has 2 N–H and O–H groups in total. The first-order valence-corrected chi connectivity index (χ1v) is 7.04. The zero-order chi connectivity index (χ0) is 11.9. The summed E-state index contributed by atoms with van der Waals surface area (Å²) in [5.74, 6) is 0.333. The van der Waals surface area contributed by atoms with E-state index < -0.39 is 5.41 Å². The Morgan fingerprint density at radius 3 is 2.88 bits per heavy atom. The van der Waals surface area contributed by atoms with Gasteiger partial charge in [-0.05, 0) is 17.5 Å². The van der Waals surface area contributed by atoms with Crippen molar-refractivity contribution < 1.29 is 4.79 Å². The number of hydrogen-bond donors (Lipinski definition) is 1. The maximum Gasteiger partial charge on any atom is 0.235 e. The molecule has 0 aliphatic carbocycles. The number of thiazole rings is 1. The molecule has 0 bridgehead atoms. The van der Waals surface area contributed by atoms with Crippen LogP contribution in [0.4, 0.5) is 0 Å².